The molecular weight excluding hydrogens is 236 g/mol. The number of rotatable bonds is 8. The number of ketones is 1. The largest absolute Gasteiger partial charge is 0.469 e. The molecule has 0 aromatic rings. The standard InChI is InChI=1S/C13H20O5/c1-17-12(15)7-5-3-2-4-6-10(14)11-8-9-13(16)18-11/h11H,2-9H2,1H3. The molecule has 1 aliphatic heterocycles. The SMILES string of the molecule is COC(=O)CCCCCCC(=O)C1CCC(=O)O1. The second-order valence-electron chi connectivity index (χ2n) is 4.47. The van der Waals surface area contributed by atoms with Crippen LogP contribution in [-0.4, -0.2) is 30.9 Å². The normalized spacial score (nSPS) is 18.5. The van der Waals surface area contributed by atoms with Gasteiger partial charge in [0.05, 0.1) is 7.11 Å². The number of cyclic esters (lactones) is 1. The van der Waals surface area contributed by atoms with E-state index in [0.29, 0.717) is 25.7 Å². The summed E-state index contributed by atoms with van der Waals surface area (Å²) >= 11 is 0. The first-order valence-corrected chi connectivity index (χ1v) is 6.42. The van der Waals surface area contributed by atoms with Gasteiger partial charge >= 0.3 is 11.9 Å². The Morgan fingerprint density at radius 1 is 1.22 bits per heavy atom. The lowest BCUT2D eigenvalue weighted by atomic mass is 10.0. The Bertz CT molecular complexity index is 311. The quantitative estimate of drug-likeness (QED) is 0.489. The number of carbonyl (C=O) groups is 3. The molecule has 0 radical (unpaired) electrons. The molecular formula is C13H20O5. The molecule has 5 nitrogen and oxygen atoms in total. The van der Waals surface area contributed by atoms with E-state index in [2.05, 4.69) is 4.74 Å². The summed E-state index contributed by atoms with van der Waals surface area (Å²) in [6.07, 6.45) is 4.66. The lowest BCUT2D eigenvalue weighted by Crippen LogP contribution is -2.19. The summed E-state index contributed by atoms with van der Waals surface area (Å²) in [5.74, 6) is -0.441. The van der Waals surface area contributed by atoms with E-state index in [0.717, 1.165) is 25.7 Å². The van der Waals surface area contributed by atoms with E-state index in [1.54, 1.807) is 0 Å². The van der Waals surface area contributed by atoms with Gasteiger partial charge in [-0.3, -0.25) is 14.4 Å². The van der Waals surface area contributed by atoms with E-state index in [9.17, 15) is 14.4 Å². The highest BCUT2D eigenvalue weighted by atomic mass is 16.6. The molecule has 0 bridgehead atoms. The van der Waals surface area contributed by atoms with E-state index < -0.39 is 6.10 Å². The van der Waals surface area contributed by atoms with Crippen LogP contribution in [0, 0.1) is 0 Å². The number of unbranched alkanes of at least 4 members (excludes halogenated alkanes) is 3. The molecule has 0 aromatic carbocycles. The van der Waals surface area contributed by atoms with Crippen molar-refractivity contribution in [2.45, 2.75) is 57.5 Å². The highest BCUT2D eigenvalue weighted by Gasteiger charge is 2.28. The van der Waals surface area contributed by atoms with Crippen molar-refractivity contribution in [1.82, 2.24) is 0 Å². The average molecular weight is 256 g/mol. The third-order valence-electron chi connectivity index (χ3n) is 3.03. The molecule has 5 heteroatoms. The molecule has 0 spiro atoms. The number of hydrogen-bond donors (Lipinski definition) is 0. The van der Waals surface area contributed by atoms with Gasteiger partial charge in [-0.25, -0.2) is 0 Å². The highest BCUT2D eigenvalue weighted by Crippen LogP contribution is 2.17. The van der Waals surface area contributed by atoms with Gasteiger partial charge in [0.2, 0.25) is 0 Å². The van der Waals surface area contributed by atoms with Crippen molar-refractivity contribution in [2.24, 2.45) is 0 Å². The number of esters is 2. The van der Waals surface area contributed by atoms with E-state index in [1.807, 2.05) is 0 Å². The van der Waals surface area contributed by atoms with Crippen molar-refractivity contribution in [3.63, 3.8) is 0 Å². The van der Waals surface area contributed by atoms with Crippen LogP contribution >= 0.6 is 0 Å². The number of Topliss-reactive ketones (excluding diaryl/α,β-unsaturated/α-hetero) is 1. The monoisotopic (exact) mass is 256 g/mol. The molecule has 1 rings (SSSR count). The van der Waals surface area contributed by atoms with Crippen molar-refractivity contribution >= 4 is 17.7 Å². The fourth-order valence-corrected chi connectivity index (χ4v) is 1.94. The topological polar surface area (TPSA) is 69.7 Å². The summed E-state index contributed by atoms with van der Waals surface area (Å²) in [5, 5.41) is 0. The van der Waals surface area contributed by atoms with Gasteiger partial charge in [-0.15, -0.1) is 0 Å². The summed E-state index contributed by atoms with van der Waals surface area (Å²) in [6, 6.07) is 0. The zero-order chi connectivity index (χ0) is 13.4. The Kier molecular flexibility index (Phi) is 6.39. The van der Waals surface area contributed by atoms with E-state index in [1.165, 1.54) is 7.11 Å². The summed E-state index contributed by atoms with van der Waals surface area (Å²) in [6.45, 7) is 0. The van der Waals surface area contributed by atoms with Crippen LogP contribution in [0.3, 0.4) is 0 Å². The van der Waals surface area contributed by atoms with Gasteiger partial charge < -0.3 is 9.47 Å². The first-order valence-electron chi connectivity index (χ1n) is 6.42. The van der Waals surface area contributed by atoms with Crippen LogP contribution in [0.4, 0.5) is 0 Å². The van der Waals surface area contributed by atoms with Crippen LogP contribution in [-0.2, 0) is 23.9 Å². The fourth-order valence-electron chi connectivity index (χ4n) is 1.94. The molecule has 1 aliphatic rings. The maximum absolute atomic E-state index is 11.6. The highest BCUT2D eigenvalue weighted by molar-refractivity contribution is 5.87. The van der Waals surface area contributed by atoms with Gasteiger partial charge in [0.1, 0.15) is 0 Å². The third-order valence-corrected chi connectivity index (χ3v) is 3.03. The predicted octanol–water partition coefficient (Wildman–Crippen LogP) is 1.77. The fraction of sp³-hybridized carbons (Fsp3) is 0.769. The van der Waals surface area contributed by atoms with Crippen LogP contribution in [0.2, 0.25) is 0 Å². The molecule has 0 aliphatic carbocycles. The van der Waals surface area contributed by atoms with Crippen molar-refractivity contribution in [2.75, 3.05) is 7.11 Å². The first kappa shape index (κ1) is 14.7. The van der Waals surface area contributed by atoms with Gasteiger partial charge in [-0.05, 0) is 12.8 Å². The maximum Gasteiger partial charge on any atom is 0.306 e. The zero-order valence-electron chi connectivity index (χ0n) is 10.8. The number of ether oxygens (including phenoxy) is 2. The van der Waals surface area contributed by atoms with Gasteiger partial charge in [0.25, 0.3) is 0 Å². The Morgan fingerprint density at radius 3 is 2.44 bits per heavy atom. The summed E-state index contributed by atoms with van der Waals surface area (Å²) < 4.78 is 9.43. The minimum absolute atomic E-state index is 0.0221. The number of methoxy groups -OCH3 is 1. The lowest BCUT2D eigenvalue weighted by molar-refractivity contribution is -0.147. The smallest absolute Gasteiger partial charge is 0.306 e. The molecule has 1 atom stereocenters. The second-order valence-corrected chi connectivity index (χ2v) is 4.47. The van der Waals surface area contributed by atoms with Gasteiger partial charge in [0, 0.05) is 25.7 Å². The summed E-state index contributed by atoms with van der Waals surface area (Å²) in [4.78, 5) is 33.3. The molecule has 1 unspecified atom stereocenters. The van der Waals surface area contributed by atoms with E-state index >= 15 is 0 Å². The molecule has 1 heterocycles. The summed E-state index contributed by atoms with van der Waals surface area (Å²) in [5.41, 5.74) is 0. The zero-order valence-corrected chi connectivity index (χ0v) is 10.8. The average Bonchev–Trinajstić information content (AvgIpc) is 2.79. The molecule has 0 saturated carbocycles. The third kappa shape index (κ3) is 5.29. The predicted molar refractivity (Wildman–Crippen MR) is 63.8 cm³/mol. The molecule has 0 amide bonds. The van der Waals surface area contributed by atoms with Crippen LogP contribution < -0.4 is 0 Å². The maximum atomic E-state index is 11.6. The van der Waals surface area contributed by atoms with Crippen LogP contribution in [0.1, 0.15) is 51.4 Å². The van der Waals surface area contributed by atoms with Crippen LogP contribution in [0.15, 0.2) is 0 Å². The van der Waals surface area contributed by atoms with Crippen LogP contribution in [0.25, 0.3) is 0 Å². The minimum Gasteiger partial charge on any atom is -0.469 e. The second kappa shape index (κ2) is 7.84. The molecule has 1 saturated heterocycles. The van der Waals surface area contributed by atoms with Crippen molar-refractivity contribution in [3.05, 3.63) is 0 Å². The summed E-state index contributed by atoms with van der Waals surface area (Å²) in [7, 11) is 1.38. The Balaban J connectivity index is 1.99. The Morgan fingerprint density at radius 2 is 1.89 bits per heavy atom. The minimum atomic E-state index is -0.507. The van der Waals surface area contributed by atoms with Crippen molar-refractivity contribution in [1.29, 1.82) is 0 Å². The van der Waals surface area contributed by atoms with Gasteiger partial charge in [-0.1, -0.05) is 12.8 Å². The van der Waals surface area contributed by atoms with Crippen molar-refractivity contribution < 1.29 is 23.9 Å². The van der Waals surface area contributed by atoms with Gasteiger partial charge in [0.15, 0.2) is 11.9 Å². The van der Waals surface area contributed by atoms with E-state index in [-0.39, 0.29) is 17.7 Å². The van der Waals surface area contributed by atoms with Gasteiger partial charge in [-0.2, -0.15) is 0 Å². The number of hydrogen-bond acceptors (Lipinski definition) is 5. The van der Waals surface area contributed by atoms with Crippen molar-refractivity contribution in [3.8, 4) is 0 Å². The van der Waals surface area contributed by atoms with Crippen LogP contribution in [0.5, 0.6) is 0 Å². The lowest BCUT2D eigenvalue weighted by Gasteiger charge is -2.07. The van der Waals surface area contributed by atoms with E-state index in [4.69, 9.17) is 4.74 Å². The molecule has 18 heavy (non-hydrogen) atoms. The molecule has 1 fully saturated rings. The Hall–Kier alpha value is -1.39. The molecule has 102 valence electrons. The number of carbonyl (C=O) groups excluding carboxylic acids is 3. The first-order chi connectivity index (χ1) is 8.63. The Labute approximate surface area is 107 Å². The molecule has 0 aromatic heterocycles. The molecule has 0 N–H and O–H groups in total.